The highest BCUT2D eigenvalue weighted by Gasteiger charge is 2.31. The lowest BCUT2D eigenvalue weighted by molar-refractivity contribution is -0.137. The molecule has 1 aromatic carbocycles. The van der Waals surface area contributed by atoms with Crippen LogP contribution in [0.25, 0.3) is 0 Å². The van der Waals surface area contributed by atoms with Gasteiger partial charge in [0.1, 0.15) is 23.1 Å². The molecule has 1 aromatic rings. The van der Waals surface area contributed by atoms with Crippen molar-refractivity contribution in [3.05, 3.63) is 39.9 Å². The second-order valence-electron chi connectivity index (χ2n) is 3.21. The molecule has 98 valence electrons. The molecule has 18 heavy (non-hydrogen) atoms. The summed E-state index contributed by atoms with van der Waals surface area (Å²) in [6.07, 6.45) is -2.96. The summed E-state index contributed by atoms with van der Waals surface area (Å²) >= 11 is 10.6. The summed E-state index contributed by atoms with van der Waals surface area (Å²) < 4.78 is 42.5. The van der Waals surface area contributed by atoms with Crippen LogP contribution in [0.1, 0.15) is 15.9 Å². The van der Waals surface area contributed by atoms with Crippen LogP contribution in [-0.2, 0) is 6.18 Å². The fourth-order valence-electron chi connectivity index (χ4n) is 1.14. The van der Waals surface area contributed by atoms with Crippen LogP contribution in [0, 0.1) is 0 Å². The Morgan fingerprint density at radius 3 is 2.44 bits per heavy atom. The Morgan fingerprint density at radius 1 is 1.28 bits per heavy atom. The minimum absolute atomic E-state index is 0.0578. The predicted octanol–water partition coefficient (Wildman–Crippen LogP) is 4.22. The fourth-order valence-corrected chi connectivity index (χ4v) is 1.26. The van der Waals surface area contributed by atoms with Crippen LogP contribution in [0.3, 0.4) is 0 Å². The molecule has 0 saturated heterocycles. The maximum atomic E-state index is 12.5. The Balaban J connectivity index is 2.98. The molecule has 0 atom stereocenters. The lowest BCUT2D eigenvalue weighted by Gasteiger charge is -2.10. The summed E-state index contributed by atoms with van der Waals surface area (Å²) in [6.45, 7) is -0.0953. The molecule has 0 aliphatic heterocycles. The number of alkyl halides is 3. The number of benzene rings is 1. The Kier molecular flexibility index (Phi) is 5.04. The minimum atomic E-state index is -4.54. The summed E-state index contributed by atoms with van der Waals surface area (Å²) in [4.78, 5) is 10.5. The van der Waals surface area contributed by atoms with Crippen molar-refractivity contribution in [3.8, 4) is 5.75 Å². The molecule has 0 aliphatic rings. The molecule has 7 heteroatoms. The molecule has 0 spiro atoms. The van der Waals surface area contributed by atoms with Crippen molar-refractivity contribution < 1.29 is 22.7 Å². The van der Waals surface area contributed by atoms with Gasteiger partial charge in [0.25, 0.3) is 0 Å². The Hall–Kier alpha value is -1.20. The maximum absolute atomic E-state index is 12.5. The molecule has 0 bridgehead atoms. The maximum Gasteiger partial charge on any atom is 0.416 e. The van der Waals surface area contributed by atoms with Gasteiger partial charge in [0.05, 0.1) is 5.56 Å². The summed E-state index contributed by atoms with van der Waals surface area (Å²) in [5.41, 5.74) is -1.08. The summed E-state index contributed by atoms with van der Waals surface area (Å²) in [7, 11) is 0. The highest BCUT2D eigenvalue weighted by Crippen LogP contribution is 2.32. The first-order valence-electron chi connectivity index (χ1n) is 4.64. The van der Waals surface area contributed by atoms with Gasteiger partial charge in [-0.3, -0.25) is 4.79 Å². The number of carbonyl (C=O) groups is 1. The third-order valence-electron chi connectivity index (χ3n) is 1.88. The number of rotatable bonds is 4. The molecule has 0 aliphatic carbocycles. The van der Waals surface area contributed by atoms with Gasteiger partial charge < -0.3 is 4.74 Å². The van der Waals surface area contributed by atoms with Crippen molar-refractivity contribution >= 4 is 29.5 Å². The molecule has 1 rings (SSSR count). The molecule has 0 unspecified atom stereocenters. The quantitative estimate of drug-likeness (QED) is 0.778. The normalized spacial score (nSPS) is 10.9. The smallest absolute Gasteiger partial charge is 0.416 e. The van der Waals surface area contributed by atoms with E-state index < -0.39 is 11.7 Å². The van der Waals surface area contributed by atoms with E-state index in [1.54, 1.807) is 0 Å². The molecule has 0 amide bonds. The zero-order valence-corrected chi connectivity index (χ0v) is 10.3. The number of aldehydes is 1. The lowest BCUT2D eigenvalue weighted by atomic mass is 10.1. The molecule has 0 radical (unpaired) electrons. The first kappa shape index (κ1) is 14.9. The molecule has 0 heterocycles. The molecule has 0 saturated carbocycles. The van der Waals surface area contributed by atoms with Crippen molar-refractivity contribution in [3.63, 3.8) is 0 Å². The third-order valence-corrected chi connectivity index (χ3v) is 2.19. The monoisotopic (exact) mass is 298 g/mol. The number of halogens is 5. The standard InChI is InChI=1S/C11H7Cl2F3O2/c12-10(13)1-2-18-9-4-7(6-17)3-8(5-9)11(14,15)16/h1,3-6H,2H2. The largest absolute Gasteiger partial charge is 0.489 e. The minimum Gasteiger partial charge on any atom is -0.489 e. The fraction of sp³-hybridized carbons (Fsp3) is 0.182. The Bertz CT molecular complexity index is 466. The van der Waals surface area contributed by atoms with E-state index in [0.717, 1.165) is 12.1 Å². The van der Waals surface area contributed by atoms with Crippen molar-refractivity contribution in [2.75, 3.05) is 6.61 Å². The third kappa shape index (κ3) is 4.58. The second-order valence-corrected chi connectivity index (χ2v) is 4.22. The van der Waals surface area contributed by atoms with Crippen LogP contribution in [0.15, 0.2) is 28.8 Å². The van der Waals surface area contributed by atoms with Crippen molar-refractivity contribution in [2.45, 2.75) is 6.18 Å². The molecular formula is C11H7Cl2F3O2. The van der Waals surface area contributed by atoms with Crippen LogP contribution in [0.4, 0.5) is 13.2 Å². The van der Waals surface area contributed by atoms with Crippen molar-refractivity contribution in [2.24, 2.45) is 0 Å². The van der Waals surface area contributed by atoms with Crippen molar-refractivity contribution in [1.82, 2.24) is 0 Å². The summed E-state index contributed by atoms with van der Waals surface area (Å²) in [6, 6.07) is 2.73. The van der Waals surface area contributed by atoms with E-state index in [2.05, 4.69) is 0 Å². The Labute approximate surface area is 111 Å². The predicted molar refractivity (Wildman–Crippen MR) is 62.1 cm³/mol. The first-order chi connectivity index (χ1) is 8.32. The van der Waals surface area contributed by atoms with Gasteiger partial charge in [-0.15, -0.1) is 0 Å². The van der Waals surface area contributed by atoms with Gasteiger partial charge in [-0.2, -0.15) is 13.2 Å². The van der Waals surface area contributed by atoms with Gasteiger partial charge in [-0.25, -0.2) is 0 Å². The highest BCUT2D eigenvalue weighted by molar-refractivity contribution is 6.55. The number of hydrogen-bond donors (Lipinski definition) is 0. The van der Waals surface area contributed by atoms with E-state index in [0.29, 0.717) is 6.29 Å². The second kappa shape index (κ2) is 6.11. The summed E-state index contributed by atoms with van der Waals surface area (Å²) in [5, 5.41) is 0. The summed E-state index contributed by atoms with van der Waals surface area (Å²) in [5.74, 6) is -0.0854. The molecule has 0 N–H and O–H groups in total. The zero-order valence-electron chi connectivity index (χ0n) is 8.80. The van der Waals surface area contributed by atoms with Gasteiger partial charge in [0, 0.05) is 5.56 Å². The van der Waals surface area contributed by atoms with Crippen LogP contribution in [0.2, 0.25) is 0 Å². The van der Waals surface area contributed by atoms with Crippen LogP contribution in [-0.4, -0.2) is 12.9 Å². The average molecular weight is 299 g/mol. The molecule has 2 nitrogen and oxygen atoms in total. The molecule has 0 fully saturated rings. The van der Waals surface area contributed by atoms with Gasteiger partial charge >= 0.3 is 6.18 Å². The molecule has 0 aromatic heterocycles. The van der Waals surface area contributed by atoms with E-state index >= 15 is 0 Å². The average Bonchev–Trinajstić information content (AvgIpc) is 2.27. The topological polar surface area (TPSA) is 26.3 Å². The van der Waals surface area contributed by atoms with Crippen LogP contribution < -0.4 is 4.74 Å². The lowest BCUT2D eigenvalue weighted by Crippen LogP contribution is -2.06. The van der Waals surface area contributed by atoms with E-state index in [9.17, 15) is 18.0 Å². The molecular weight excluding hydrogens is 292 g/mol. The van der Waals surface area contributed by atoms with Gasteiger partial charge in [-0.05, 0) is 24.3 Å². The number of ether oxygens (including phenoxy) is 1. The van der Waals surface area contributed by atoms with Crippen LogP contribution >= 0.6 is 23.2 Å². The van der Waals surface area contributed by atoms with Gasteiger partial charge in [-0.1, -0.05) is 23.2 Å². The van der Waals surface area contributed by atoms with E-state index in [1.807, 2.05) is 0 Å². The van der Waals surface area contributed by atoms with Crippen LogP contribution in [0.5, 0.6) is 5.75 Å². The van der Waals surface area contributed by atoms with E-state index in [1.165, 1.54) is 12.1 Å². The highest BCUT2D eigenvalue weighted by atomic mass is 35.5. The van der Waals surface area contributed by atoms with E-state index in [-0.39, 0.29) is 22.4 Å². The van der Waals surface area contributed by atoms with E-state index in [4.69, 9.17) is 27.9 Å². The van der Waals surface area contributed by atoms with Crippen molar-refractivity contribution in [1.29, 1.82) is 0 Å². The zero-order chi connectivity index (χ0) is 13.8. The SMILES string of the molecule is O=Cc1cc(OCC=C(Cl)Cl)cc(C(F)(F)F)c1. The number of carbonyl (C=O) groups excluding carboxylic acids is 1. The van der Waals surface area contributed by atoms with Gasteiger partial charge in [0.15, 0.2) is 0 Å². The number of hydrogen-bond acceptors (Lipinski definition) is 2. The Morgan fingerprint density at radius 2 is 1.94 bits per heavy atom. The van der Waals surface area contributed by atoms with Gasteiger partial charge in [0.2, 0.25) is 0 Å². The first-order valence-corrected chi connectivity index (χ1v) is 5.40.